The molecule has 1 aromatic carbocycles. The lowest BCUT2D eigenvalue weighted by Gasteiger charge is -2.47. The Morgan fingerprint density at radius 3 is 2.49 bits per heavy atom. The van der Waals surface area contributed by atoms with Crippen molar-refractivity contribution < 1.29 is 26.3 Å². The average molecular weight is 669 g/mol. The van der Waals surface area contributed by atoms with Gasteiger partial charge in [-0.2, -0.15) is 8.42 Å². The number of aliphatic imine (C=N–C) groups is 1. The molecule has 2 aromatic rings. The highest BCUT2D eigenvalue weighted by molar-refractivity contribution is 7.89. The highest BCUT2D eigenvalue weighted by atomic mass is 35.5. The van der Waals surface area contributed by atoms with Gasteiger partial charge in [0.2, 0.25) is 0 Å². The van der Waals surface area contributed by atoms with Gasteiger partial charge >= 0.3 is 16.6 Å². The fraction of sp³-hybridized carbons (Fsp3) is 0.552. The third-order valence-electron chi connectivity index (χ3n) is 8.49. The molecule has 4 heterocycles. The molecule has 3 fully saturated rings. The van der Waals surface area contributed by atoms with Gasteiger partial charge in [0.05, 0.1) is 22.9 Å². The van der Waals surface area contributed by atoms with Crippen molar-refractivity contribution in [1.29, 1.82) is 0 Å². The average Bonchev–Trinajstić information content (AvgIpc) is 3.76. The predicted octanol–water partition coefficient (Wildman–Crippen LogP) is 4.42. The number of nitrogens with zero attached hydrogens (tertiary/aromatic N) is 6. The number of nitrogens with one attached hydrogen (secondary N) is 2. The molecule has 0 bridgehead atoms. The number of pyridine rings is 1. The first kappa shape index (κ1) is 31.8. The van der Waals surface area contributed by atoms with Crippen molar-refractivity contribution in [1.82, 2.24) is 19.5 Å². The van der Waals surface area contributed by atoms with Gasteiger partial charge in [0.15, 0.2) is 11.7 Å². The van der Waals surface area contributed by atoms with Crippen molar-refractivity contribution >= 4 is 45.0 Å². The van der Waals surface area contributed by atoms with Crippen LogP contribution in [0, 0.1) is 0 Å². The number of benzene rings is 1. The van der Waals surface area contributed by atoms with E-state index >= 15 is 0 Å². The van der Waals surface area contributed by atoms with E-state index in [1.165, 1.54) is 12.1 Å². The van der Waals surface area contributed by atoms with Crippen molar-refractivity contribution in [2.45, 2.75) is 70.1 Å². The highest BCUT2D eigenvalue weighted by Gasteiger charge is 2.35. The van der Waals surface area contributed by atoms with Crippen LogP contribution in [0.4, 0.5) is 24.7 Å². The molecule has 1 saturated carbocycles. The monoisotopic (exact) mass is 668 g/mol. The van der Waals surface area contributed by atoms with E-state index in [0.717, 1.165) is 70.4 Å². The van der Waals surface area contributed by atoms with Gasteiger partial charge in [0.1, 0.15) is 11.6 Å². The van der Waals surface area contributed by atoms with Crippen LogP contribution in [0.2, 0.25) is 5.02 Å². The van der Waals surface area contributed by atoms with E-state index in [9.17, 15) is 21.6 Å². The quantitative estimate of drug-likeness (QED) is 0.425. The summed E-state index contributed by atoms with van der Waals surface area (Å²) in [5.74, 6) is 0.819. The molecule has 1 aliphatic carbocycles. The lowest BCUT2D eigenvalue weighted by atomic mass is 9.98. The molecular weight excluding hydrogens is 633 g/mol. The lowest BCUT2D eigenvalue weighted by molar-refractivity contribution is -0.274. The second kappa shape index (κ2) is 12.9. The number of amidine groups is 2. The van der Waals surface area contributed by atoms with Gasteiger partial charge in [-0.1, -0.05) is 30.7 Å². The van der Waals surface area contributed by atoms with E-state index < -0.39 is 16.6 Å². The summed E-state index contributed by atoms with van der Waals surface area (Å²) in [6.07, 6.45) is 1.81. The highest BCUT2D eigenvalue weighted by Crippen LogP contribution is 2.31. The standard InChI is InChI=1S/C29H36ClF3N8O3S/c1-2-22-18-40(28-25(30)15-21(16-34-28)36-27-26(35-20-5-6-20)37-45(42,43)38-27)13-14-41(22)23-9-11-39(12-10-23)17-19-3-7-24(8-4-19)44-29(31,32)33/h3-4,7-8,15-16,20,22-23H,2,5-6,9-14,17-18H2,1H3,(H,35,37)(H,36,38). The van der Waals surface area contributed by atoms with Crippen LogP contribution < -0.4 is 19.7 Å². The Morgan fingerprint density at radius 1 is 1.11 bits per heavy atom. The zero-order chi connectivity index (χ0) is 31.8. The van der Waals surface area contributed by atoms with Crippen LogP contribution in [-0.2, 0) is 16.8 Å². The normalized spacial score (nSPS) is 24.0. The van der Waals surface area contributed by atoms with Crippen LogP contribution >= 0.6 is 11.6 Å². The number of alkyl halides is 3. The maximum Gasteiger partial charge on any atom is 0.573 e. The Bertz CT molecular complexity index is 1540. The lowest BCUT2D eigenvalue weighted by Crippen LogP contribution is -2.58. The molecule has 2 N–H and O–H groups in total. The number of rotatable bonds is 8. The first-order valence-electron chi connectivity index (χ1n) is 15.2. The number of likely N-dealkylation sites (tertiary alicyclic amines) is 1. The van der Waals surface area contributed by atoms with Crippen LogP contribution in [0.15, 0.2) is 45.9 Å². The molecule has 1 atom stereocenters. The molecule has 0 amide bonds. The molecule has 16 heteroatoms. The molecule has 0 radical (unpaired) electrons. The summed E-state index contributed by atoms with van der Waals surface area (Å²) in [7, 11) is -3.83. The summed E-state index contributed by atoms with van der Waals surface area (Å²) in [6.45, 7) is 7.15. The Balaban J connectivity index is 1.02. The van der Waals surface area contributed by atoms with Gasteiger partial charge in [-0.15, -0.1) is 17.6 Å². The predicted molar refractivity (Wildman–Crippen MR) is 167 cm³/mol. The van der Waals surface area contributed by atoms with Gasteiger partial charge in [-0.25, -0.2) is 9.71 Å². The van der Waals surface area contributed by atoms with Crippen LogP contribution in [0.1, 0.15) is 44.6 Å². The summed E-state index contributed by atoms with van der Waals surface area (Å²) in [5, 5.41) is 3.47. The summed E-state index contributed by atoms with van der Waals surface area (Å²) in [5.41, 5.74) is 1.48. The van der Waals surface area contributed by atoms with Crippen LogP contribution in [0.3, 0.4) is 0 Å². The first-order valence-corrected chi connectivity index (χ1v) is 17.0. The van der Waals surface area contributed by atoms with Crippen molar-refractivity contribution in [3.63, 3.8) is 0 Å². The summed E-state index contributed by atoms with van der Waals surface area (Å²) in [4.78, 5) is 16.2. The van der Waals surface area contributed by atoms with E-state index in [4.69, 9.17) is 11.6 Å². The van der Waals surface area contributed by atoms with Crippen LogP contribution in [0.5, 0.6) is 5.75 Å². The van der Waals surface area contributed by atoms with Gasteiger partial charge < -0.3 is 15.0 Å². The Morgan fingerprint density at radius 2 is 1.84 bits per heavy atom. The molecule has 6 rings (SSSR count). The Hall–Kier alpha value is -3.14. The smallest absolute Gasteiger partial charge is 0.406 e. The number of anilines is 2. The molecular formula is C29H36ClF3N8O3S. The molecule has 1 aromatic heterocycles. The van der Waals surface area contributed by atoms with Crippen molar-refractivity contribution in [2.75, 3.05) is 42.9 Å². The van der Waals surface area contributed by atoms with Gasteiger partial charge in [0, 0.05) is 38.3 Å². The van der Waals surface area contributed by atoms with Gasteiger partial charge in [-0.05, 0) is 69.0 Å². The minimum absolute atomic E-state index is 0.116. The summed E-state index contributed by atoms with van der Waals surface area (Å²) in [6, 6.07) is 8.73. The number of hydrogen-bond donors (Lipinski definition) is 2. The summed E-state index contributed by atoms with van der Waals surface area (Å²) >= 11 is 6.71. The first-order chi connectivity index (χ1) is 21.4. The summed E-state index contributed by atoms with van der Waals surface area (Å²) < 4.78 is 71.4. The van der Waals surface area contributed by atoms with Gasteiger partial charge in [-0.3, -0.25) is 14.8 Å². The number of aromatic nitrogens is 1. The molecule has 4 aliphatic rings. The third kappa shape index (κ3) is 8.18. The third-order valence-corrected chi connectivity index (χ3v) is 9.65. The Labute approximate surface area is 265 Å². The topological polar surface area (TPSA) is 115 Å². The number of ether oxygens (including phenoxy) is 1. The van der Waals surface area contributed by atoms with E-state index in [2.05, 4.69) is 50.8 Å². The molecule has 1 unspecified atom stereocenters. The van der Waals surface area contributed by atoms with E-state index in [0.29, 0.717) is 35.2 Å². The minimum Gasteiger partial charge on any atom is -0.406 e. The molecule has 3 aliphatic heterocycles. The molecule has 11 nitrogen and oxygen atoms in total. The second-order valence-electron chi connectivity index (χ2n) is 11.8. The Kier molecular flexibility index (Phi) is 9.14. The second-order valence-corrected chi connectivity index (χ2v) is 13.6. The van der Waals surface area contributed by atoms with E-state index in [1.54, 1.807) is 24.4 Å². The largest absolute Gasteiger partial charge is 0.573 e. The molecule has 0 spiro atoms. The van der Waals surface area contributed by atoms with Gasteiger partial charge in [0.25, 0.3) is 0 Å². The number of piperazine rings is 1. The zero-order valence-electron chi connectivity index (χ0n) is 24.8. The van der Waals surface area contributed by atoms with Crippen molar-refractivity contribution in [2.24, 2.45) is 9.39 Å². The maximum atomic E-state index is 12.4. The van der Waals surface area contributed by atoms with E-state index in [-0.39, 0.29) is 23.5 Å². The van der Waals surface area contributed by atoms with Crippen molar-refractivity contribution in [3.05, 3.63) is 47.1 Å². The maximum absolute atomic E-state index is 12.4. The van der Waals surface area contributed by atoms with Crippen LogP contribution in [-0.4, -0.2) is 92.1 Å². The van der Waals surface area contributed by atoms with Crippen molar-refractivity contribution in [3.8, 4) is 5.75 Å². The molecule has 244 valence electrons. The zero-order valence-corrected chi connectivity index (χ0v) is 26.4. The fourth-order valence-corrected chi connectivity index (χ4v) is 7.25. The van der Waals surface area contributed by atoms with Crippen LogP contribution in [0.25, 0.3) is 0 Å². The molecule has 45 heavy (non-hydrogen) atoms. The minimum atomic E-state index is -4.69. The number of hydrogen-bond acceptors (Lipinski definition) is 9. The van der Waals surface area contributed by atoms with E-state index in [1.807, 2.05) is 0 Å². The molecule has 2 saturated heterocycles. The fourth-order valence-electron chi connectivity index (χ4n) is 6.15. The number of piperidine rings is 1. The number of halogens is 4. The SMILES string of the molecule is CCC1CN(c2ncc(NC3=NS(=O)(=O)NC3=NC3CC3)cc2Cl)CCN1C1CCN(Cc2ccc(OC(F)(F)F)cc2)CC1.